The van der Waals surface area contributed by atoms with E-state index in [0.717, 1.165) is 44.3 Å². The van der Waals surface area contributed by atoms with Gasteiger partial charge >= 0.3 is 0 Å². The zero-order chi connectivity index (χ0) is 27.4. The van der Waals surface area contributed by atoms with Crippen LogP contribution in [0.15, 0.2) is 42.2 Å². The largest absolute Gasteiger partial charge is 0.516 e. The van der Waals surface area contributed by atoms with Crippen LogP contribution >= 0.6 is 0 Å². The molecule has 1 saturated heterocycles. The zero-order valence-electron chi connectivity index (χ0n) is 22.6. The second kappa shape index (κ2) is 12.3. The molecule has 0 amide bonds. The molecule has 5 rings (SSSR count). The topological polar surface area (TPSA) is 91.6 Å². The Morgan fingerprint density at radius 1 is 1.15 bits per heavy atom. The molecule has 11 heteroatoms. The quantitative estimate of drug-likeness (QED) is 0.368. The number of fused-ring (bicyclic) bond motifs is 1. The summed E-state index contributed by atoms with van der Waals surface area (Å²) in [5.41, 5.74) is 2.04. The average molecular weight is 542 g/mol. The molecule has 0 spiro atoms. The Balaban J connectivity index is 1.36. The normalized spacial score (nSPS) is 20.8. The molecule has 3 aromatic rings. The van der Waals surface area contributed by atoms with Gasteiger partial charge in [0.1, 0.15) is 11.6 Å². The van der Waals surface area contributed by atoms with Crippen molar-refractivity contribution in [1.82, 2.24) is 24.4 Å². The van der Waals surface area contributed by atoms with Gasteiger partial charge in [-0.1, -0.05) is 12.1 Å². The van der Waals surface area contributed by atoms with Gasteiger partial charge in [0.15, 0.2) is 5.82 Å². The number of halogens is 2. The zero-order valence-corrected chi connectivity index (χ0v) is 22.6. The molecule has 0 bridgehead atoms. The standard InChI is InChI=1S/C28H37F2N7O2/c1-19(18-38)17-35(2)21-9-7-20(8-10-21)16-31-24-15-25(34-28(33-24)36-11-13-39-14-12-36)37-23-6-4-3-5-22(23)32-27(37)26(29)30/h3-6,15,18,20-21,26,38H,7-14,16-17H2,1-2H3,(H,31,33,34)/b19-18+. The summed E-state index contributed by atoms with van der Waals surface area (Å²) in [6.07, 6.45) is 2.78. The third-order valence-corrected chi connectivity index (χ3v) is 7.74. The molecule has 2 aromatic heterocycles. The first-order chi connectivity index (χ1) is 18.9. The summed E-state index contributed by atoms with van der Waals surface area (Å²) in [7, 11) is 2.11. The van der Waals surface area contributed by atoms with Crippen molar-refractivity contribution in [3.05, 3.63) is 48.0 Å². The molecule has 2 fully saturated rings. The Morgan fingerprint density at radius 3 is 2.62 bits per heavy atom. The van der Waals surface area contributed by atoms with Gasteiger partial charge < -0.3 is 20.1 Å². The third-order valence-electron chi connectivity index (χ3n) is 7.74. The number of morpholine rings is 1. The van der Waals surface area contributed by atoms with Crippen LogP contribution in [0.4, 0.5) is 20.5 Å². The van der Waals surface area contributed by atoms with Crippen LogP contribution in [0.1, 0.15) is 44.9 Å². The van der Waals surface area contributed by atoms with Gasteiger partial charge in [0.2, 0.25) is 5.95 Å². The second-order valence-electron chi connectivity index (χ2n) is 10.6. The summed E-state index contributed by atoms with van der Waals surface area (Å²) >= 11 is 0. The Bertz CT molecular complexity index is 1280. The Kier molecular flexibility index (Phi) is 8.56. The summed E-state index contributed by atoms with van der Waals surface area (Å²) in [5.74, 6) is 1.63. The predicted molar refractivity (Wildman–Crippen MR) is 148 cm³/mol. The van der Waals surface area contributed by atoms with E-state index in [9.17, 15) is 13.9 Å². The highest BCUT2D eigenvalue weighted by atomic mass is 19.3. The number of anilines is 2. The van der Waals surface area contributed by atoms with E-state index in [1.54, 1.807) is 24.3 Å². The van der Waals surface area contributed by atoms with Crippen molar-refractivity contribution < 1.29 is 18.6 Å². The van der Waals surface area contributed by atoms with Crippen LogP contribution in [0.2, 0.25) is 0 Å². The van der Waals surface area contributed by atoms with Gasteiger partial charge in [0.25, 0.3) is 6.43 Å². The molecule has 0 atom stereocenters. The predicted octanol–water partition coefficient (Wildman–Crippen LogP) is 4.95. The SMILES string of the molecule is C/C(=C\O)CN(C)C1CCC(CNc2cc(-n3c(C(F)F)nc4ccccc43)nc(N3CCOCC3)n2)CC1. The Hall–Kier alpha value is -3.31. The fourth-order valence-corrected chi connectivity index (χ4v) is 5.57. The highest BCUT2D eigenvalue weighted by Crippen LogP contribution is 2.30. The van der Waals surface area contributed by atoms with Crippen LogP contribution in [-0.2, 0) is 4.74 Å². The first-order valence-electron chi connectivity index (χ1n) is 13.6. The van der Waals surface area contributed by atoms with Crippen LogP contribution in [0, 0.1) is 5.92 Å². The maximum absolute atomic E-state index is 14.1. The van der Waals surface area contributed by atoms with Gasteiger partial charge in [0.05, 0.1) is 30.5 Å². The van der Waals surface area contributed by atoms with Gasteiger partial charge in [-0.25, -0.2) is 13.8 Å². The molecule has 39 heavy (non-hydrogen) atoms. The molecular weight excluding hydrogens is 504 g/mol. The summed E-state index contributed by atoms with van der Waals surface area (Å²) in [6, 6.07) is 9.36. The molecule has 2 aliphatic rings. The lowest BCUT2D eigenvalue weighted by Gasteiger charge is -2.35. The van der Waals surface area contributed by atoms with Gasteiger partial charge in [-0.2, -0.15) is 9.97 Å². The molecule has 1 aliphatic carbocycles. The van der Waals surface area contributed by atoms with Crippen LogP contribution in [0.5, 0.6) is 0 Å². The number of aliphatic hydroxyl groups excluding tert-OH is 1. The first-order valence-corrected chi connectivity index (χ1v) is 13.6. The minimum Gasteiger partial charge on any atom is -0.516 e. The number of aromatic nitrogens is 4. The number of nitrogens with one attached hydrogen (secondary N) is 1. The summed E-state index contributed by atoms with van der Waals surface area (Å²) in [6.45, 7) is 5.86. The van der Waals surface area contributed by atoms with Crippen LogP contribution in [-0.4, -0.2) is 82.0 Å². The highest BCUT2D eigenvalue weighted by Gasteiger charge is 2.26. The Labute approximate surface area is 227 Å². The Morgan fingerprint density at radius 2 is 1.90 bits per heavy atom. The number of imidazole rings is 1. The molecule has 0 radical (unpaired) electrons. The fourth-order valence-electron chi connectivity index (χ4n) is 5.57. The average Bonchev–Trinajstić information content (AvgIpc) is 3.37. The van der Waals surface area contributed by atoms with E-state index in [0.29, 0.717) is 66.9 Å². The number of benzene rings is 1. The summed E-state index contributed by atoms with van der Waals surface area (Å²) in [4.78, 5) is 18.1. The third kappa shape index (κ3) is 6.30. The van der Waals surface area contributed by atoms with Crippen molar-refractivity contribution in [1.29, 1.82) is 0 Å². The molecule has 9 nitrogen and oxygen atoms in total. The molecule has 1 aromatic carbocycles. The monoisotopic (exact) mass is 541 g/mol. The lowest BCUT2D eigenvalue weighted by atomic mass is 9.85. The molecule has 0 unspecified atom stereocenters. The number of alkyl halides is 2. The number of ether oxygens (including phenoxy) is 1. The van der Waals surface area contributed by atoms with Crippen molar-refractivity contribution in [2.45, 2.75) is 45.1 Å². The first kappa shape index (κ1) is 27.3. The van der Waals surface area contributed by atoms with Gasteiger partial charge in [-0.3, -0.25) is 9.47 Å². The maximum Gasteiger partial charge on any atom is 0.296 e. The van der Waals surface area contributed by atoms with Crippen molar-refractivity contribution in [2.24, 2.45) is 5.92 Å². The smallest absolute Gasteiger partial charge is 0.296 e. The van der Waals surface area contributed by atoms with E-state index < -0.39 is 6.43 Å². The van der Waals surface area contributed by atoms with E-state index in [2.05, 4.69) is 22.2 Å². The van der Waals surface area contributed by atoms with Crippen molar-refractivity contribution >= 4 is 22.8 Å². The number of hydrogen-bond donors (Lipinski definition) is 2. The number of para-hydroxylation sites is 2. The minimum absolute atomic E-state index is 0.331. The molecule has 1 saturated carbocycles. The number of likely N-dealkylation sites (N-methyl/N-ethyl adjacent to an activating group) is 1. The molecular formula is C28H37F2N7O2. The fraction of sp³-hybridized carbons (Fsp3) is 0.536. The maximum atomic E-state index is 14.1. The van der Waals surface area contributed by atoms with Crippen molar-refractivity contribution in [3.63, 3.8) is 0 Å². The van der Waals surface area contributed by atoms with E-state index in [1.165, 1.54) is 10.8 Å². The minimum atomic E-state index is -2.75. The van der Waals surface area contributed by atoms with Crippen molar-refractivity contribution in [2.75, 3.05) is 56.7 Å². The number of rotatable bonds is 9. The van der Waals surface area contributed by atoms with Crippen LogP contribution in [0.3, 0.4) is 0 Å². The van der Waals surface area contributed by atoms with E-state index in [4.69, 9.17) is 14.7 Å². The second-order valence-corrected chi connectivity index (χ2v) is 10.6. The highest BCUT2D eigenvalue weighted by molar-refractivity contribution is 5.78. The number of hydrogen-bond acceptors (Lipinski definition) is 8. The van der Waals surface area contributed by atoms with Crippen LogP contribution < -0.4 is 10.2 Å². The molecule has 3 heterocycles. The van der Waals surface area contributed by atoms with Gasteiger partial charge in [0, 0.05) is 38.3 Å². The van der Waals surface area contributed by atoms with Crippen molar-refractivity contribution in [3.8, 4) is 5.82 Å². The summed E-state index contributed by atoms with van der Waals surface area (Å²) < 4.78 is 35.1. The lowest BCUT2D eigenvalue weighted by molar-refractivity contribution is 0.122. The lowest BCUT2D eigenvalue weighted by Crippen LogP contribution is -2.38. The van der Waals surface area contributed by atoms with Gasteiger partial charge in [-0.15, -0.1) is 0 Å². The van der Waals surface area contributed by atoms with Gasteiger partial charge in [-0.05, 0) is 63.3 Å². The summed E-state index contributed by atoms with van der Waals surface area (Å²) in [5, 5.41) is 12.7. The molecule has 2 N–H and O–H groups in total. The molecule has 210 valence electrons. The number of aliphatic hydroxyl groups is 1. The van der Waals surface area contributed by atoms with E-state index in [-0.39, 0.29) is 5.82 Å². The number of nitrogens with zero attached hydrogens (tertiary/aromatic N) is 6. The molecule has 1 aliphatic heterocycles. The van der Waals surface area contributed by atoms with Crippen LogP contribution in [0.25, 0.3) is 16.9 Å². The van der Waals surface area contributed by atoms with E-state index in [1.807, 2.05) is 17.9 Å². The van der Waals surface area contributed by atoms with E-state index >= 15 is 0 Å².